The second-order valence-electron chi connectivity index (χ2n) is 3.05. The molecule has 2 nitrogen and oxygen atoms in total. The van der Waals surface area contributed by atoms with Gasteiger partial charge in [0, 0.05) is 15.7 Å². The monoisotopic (exact) mass is 281 g/mol. The third-order valence-corrected chi connectivity index (χ3v) is 3.51. The molecule has 0 bridgehead atoms. The lowest BCUT2D eigenvalue weighted by Crippen LogP contribution is -2.00. The minimum absolute atomic E-state index is 0.0249. The quantitative estimate of drug-likeness (QED) is 0.678. The smallest absolute Gasteiger partial charge is 0.204 e. The molecule has 1 aromatic carbocycles. The number of thiophene rings is 1. The van der Waals surface area contributed by atoms with Crippen molar-refractivity contribution in [2.75, 3.05) is 5.73 Å². The summed E-state index contributed by atoms with van der Waals surface area (Å²) in [6.45, 7) is 0. The lowest BCUT2D eigenvalue weighted by Gasteiger charge is -2.02. The molecular formula is C11H8BrNOS. The number of nitrogen functional groups attached to an aromatic ring is 1. The van der Waals surface area contributed by atoms with Crippen molar-refractivity contribution in [1.82, 2.24) is 0 Å². The van der Waals surface area contributed by atoms with Gasteiger partial charge in [0.05, 0.1) is 4.88 Å². The Balaban J connectivity index is 2.42. The summed E-state index contributed by atoms with van der Waals surface area (Å²) in [5, 5.41) is 1.89. The zero-order valence-electron chi connectivity index (χ0n) is 7.74. The highest BCUT2D eigenvalue weighted by atomic mass is 79.9. The van der Waals surface area contributed by atoms with Gasteiger partial charge in [0.1, 0.15) is 0 Å². The average Bonchev–Trinajstić information content (AvgIpc) is 2.69. The first-order valence-electron chi connectivity index (χ1n) is 4.31. The Kier molecular flexibility index (Phi) is 2.88. The molecule has 4 heteroatoms. The van der Waals surface area contributed by atoms with E-state index in [1.807, 2.05) is 17.5 Å². The van der Waals surface area contributed by atoms with E-state index in [4.69, 9.17) is 5.73 Å². The summed E-state index contributed by atoms with van der Waals surface area (Å²) in [6.07, 6.45) is 0. The van der Waals surface area contributed by atoms with Gasteiger partial charge in [-0.15, -0.1) is 11.3 Å². The van der Waals surface area contributed by atoms with Gasteiger partial charge in [-0.25, -0.2) is 0 Å². The van der Waals surface area contributed by atoms with Crippen LogP contribution in [0.5, 0.6) is 0 Å². The van der Waals surface area contributed by atoms with E-state index in [-0.39, 0.29) is 5.78 Å². The van der Waals surface area contributed by atoms with E-state index in [1.165, 1.54) is 11.3 Å². The van der Waals surface area contributed by atoms with Gasteiger partial charge in [-0.2, -0.15) is 0 Å². The van der Waals surface area contributed by atoms with E-state index in [2.05, 4.69) is 15.9 Å². The number of anilines is 1. The van der Waals surface area contributed by atoms with Gasteiger partial charge in [-0.1, -0.05) is 6.07 Å². The molecule has 0 saturated heterocycles. The lowest BCUT2D eigenvalue weighted by molar-refractivity contribution is 0.104. The molecule has 2 rings (SSSR count). The largest absolute Gasteiger partial charge is 0.399 e. The van der Waals surface area contributed by atoms with Crippen molar-refractivity contribution in [3.63, 3.8) is 0 Å². The minimum atomic E-state index is 0.0249. The molecule has 0 amide bonds. The van der Waals surface area contributed by atoms with Crippen molar-refractivity contribution in [1.29, 1.82) is 0 Å². The van der Waals surface area contributed by atoms with Crippen LogP contribution in [-0.2, 0) is 0 Å². The Hall–Kier alpha value is -1.13. The van der Waals surface area contributed by atoms with Crippen molar-refractivity contribution in [2.24, 2.45) is 0 Å². The van der Waals surface area contributed by atoms with E-state index in [1.54, 1.807) is 18.2 Å². The molecule has 1 aromatic heterocycles. The fraction of sp³-hybridized carbons (Fsp3) is 0. The summed E-state index contributed by atoms with van der Waals surface area (Å²) in [6, 6.07) is 8.88. The SMILES string of the molecule is Nc1ccc(C(=O)c2cccs2)c(Br)c1. The molecule has 0 aliphatic carbocycles. The minimum Gasteiger partial charge on any atom is -0.399 e. The number of ketones is 1. The van der Waals surface area contributed by atoms with Gasteiger partial charge in [-0.3, -0.25) is 4.79 Å². The number of carbonyl (C=O) groups is 1. The molecule has 2 N–H and O–H groups in total. The maximum absolute atomic E-state index is 12.0. The maximum atomic E-state index is 12.0. The van der Waals surface area contributed by atoms with Crippen LogP contribution < -0.4 is 5.73 Å². The molecule has 2 aromatic rings. The Morgan fingerprint density at radius 2 is 2.13 bits per heavy atom. The van der Waals surface area contributed by atoms with E-state index in [9.17, 15) is 4.79 Å². The number of nitrogens with two attached hydrogens (primary N) is 1. The highest BCUT2D eigenvalue weighted by Gasteiger charge is 2.13. The summed E-state index contributed by atoms with van der Waals surface area (Å²) in [5.41, 5.74) is 6.90. The molecule has 0 atom stereocenters. The second kappa shape index (κ2) is 4.16. The molecule has 76 valence electrons. The van der Waals surface area contributed by atoms with Crippen LogP contribution in [0.4, 0.5) is 5.69 Å². The van der Waals surface area contributed by atoms with Crippen molar-refractivity contribution in [3.8, 4) is 0 Å². The van der Waals surface area contributed by atoms with E-state index < -0.39 is 0 Å². The maximum Gasteiger partial charge on any atom is 0.204 e. The number of hydrogen-bond acceptors (Lipinski definition) is 3. The van der Waals surface area contributed by atoms with Gasteiger partial charge in [0.15, 0.2) is 0 Å². The van der Waals surface area contributed by atoms with Crippen molar-refractivity contribution < 1.29 is 4.79 Å². The number of hydrogen-bond donors (Lipinski definition) is 1. The van der Waals surface area contributed by atoms with Crippen molar-refractivity contribution >= 4 is 38.7 Å². The van der Waals surface area contributed by atoms with Gasteiger partial charge >= 0.3 is 0 Å². The van der Waals surface area contributed by atoms with Crippen LogP contribution in [0, 0.1) is 0 Å². The molecule has 0 aliphatic rings. The molecule has 0 aliphatic heterocycles. The third-order valence-electron chi connectivity index (χ3n) is 1.98. The third kappa shape index (κ3) is 2.11. The van der Waals surface area contributed by atoms with Crippen LogP contribution in [0.2, 0.25) is 0 Å². The zero-order valence-corrected chi connectivity index (χ0v) is 10.1. The summed E-state index contributed by atoms with van der Waals surface area (Å²) < 4.78 is 0.737. The van der Waals surface area contributed by atoms with Gasteiger partial charge in [0.25, 0.3) is 0 Å². The fourth-order valence-electron chi connectivity index (χ4n) is 1.26. The number of halogens is 1. The van der Waals surface area contributed by atoms with Crippen LogP contribution in [0.3, 0.4) is 0 Å². The number of rotatable bonds is 2. The molecule has 0 spiro atoms. The summed E-state index contributed by atoms with van der Waals surface area (Å²) in [7, 11) is 0. The fourth-order valence-corrected chi connectivity index (χ4v) is 2.51. The lowest BCUT2D eigenvalue weighted by atomic mass is 10.1. The van der Waals surface area contributed by atoms with Crippen LogP contribution in [0.25, 0.3) is 0 Å². The molecule has 0 unspecified atom stereocenters. The summed E-state index contributed by atoms with van der Waals surface area (Å²) in [5.74, 6) is 0.0249. The first-order valence-corrected chi connectivity index (χ1v) is 5.99. The normalized spacial score (nSPS) is 10.2. The zero-order chi connectivity index (χ0) is 10.8. The molecule has 0 radical (unpaired) electrons. The molecule has 0 saturated carbocycles. The molecule has 15 heavy (non-hydrogen) atoms. The molecule has 1 heterocycles. The van der Waals surface area contributed by atoms with Crippen molar-refractivity contribution in [3.05, 3.63) is 50.6 Å². The van der Waals surface area contributed by atoms with E-state index in [0.29, 0.717) is 11.3 Å². The van der Waals surface area contributed by atoms with Gasteiger partial charge in [0.2, 0.25) is 5.78 Å². The predicted molar refractivity (Wildman–Crippen MR) is 66.3 cm³/mol. The Labute approximate surface area is 99.9 Å². The average molecular weight is 282 g/mol. The van der Waals surface area contributed by atoms with Crippen LogP contribution in [0.1, 0.15) is 15.2 Å². The summed E-state index contributed by atoms with van der Waals surface area (Å²) in [4.78, 5) is 12.7. The molecule has 0 fully saturated rings. The van der Waals surface area contributed by atoms with Crippen LogP contribution in [-0.4, -0.2) is 5.78 Å². The Morgan fingerprint density at radius 1 is 1.33 bits per heavy atom. The highest BCUT2D eigenvalue weighted by Crippen LogP contribution is 2.24. The molecular weight excluding hydrogens is 274 g/mol. The Bertz CT molecular complexity index is 493. The highest BCUT2D eigenvalue weighted by molar-refractivity contribution is 9.10. The standard InChI is InChI=1S/C11H8BrNOS/c12-9-6-7(13)3-4-8(9)11(14)10-2-1-5-15-10/h1-6H,13H2. The summed E-state index contributed by atoms with van der Waals surface area (Å²) >= 11 is 4.77. The van der Waals surface area contributed by atoms with Gasteiger partial charge < -0.3 is 5.73 Å². The Morgan fingerprint density at radius 3 is 2.73 bits per heavy atom. The topological polar surface area (TPSA) is 43.1 Å². The van der Waals surface area contributed by atoms with Crippen LogP contribution >= 0.6 is 27.3 Å². The van der Waals surface area contributed by atoms with E-state index >= 15 is 0 Å². The van der Waals surface area contributed by atoms with Gasteiger partial charge in [-0.05, 0) is 45.6 Å². The number of benzene rings is 1. The van der Waals surface area contributed by atoms with E-state index in [0.717, 1.165) is 9.35 Å². The predicted octanol–water partition coefficient (Wildman–Crippen LogP) is 3.32. The first-order chi connectivity index (χ1) is 7.18. The van der Waals surface area contributed by atoms with Crippen molar-refractivity contribution in [2.45, 2.75) is 0 Å². The first kappa shape index (κ1) is 10.4. The number of carbonyl (C=O) groups excluding carboxylic acids is 1. The van der Waals surface area contributed by atoms with Crippen LogP contribution in [0.15, 0.2) is 40.2 Å². The second-order valence-corrected chi connectivity index (χ2v) is 4.85.